The van der Waals surface area contributed by atoms with Gasteiger partial charge in [-0.15, -0.1) is 0 Å². The van der Waals surface area contributed by atoms with Crippen LogP contribution in [0.15, 0.2) is 22.8 Å². The molecule has 1 heterocycles. The van der Waals surface area contributed by atoms with Gasteiger partial charge in [-0.2, -0.15) is 0 Å². The van der Waals surface area contributed by atoms with Gasteiger partial charge in [0.15, 0.2) is 0 Å². The van der Waals surface area contributed by atoms with E-state index in [1.54, 1.807) is 12.1 Å². The predicted molar refractivity (Wildman–Crippen MR) is 59.9 cm³/mol. The molecule has 0 aromatic carbocycles. The molecule has 1 unspecified atom stereocenters. The SMILES string of the molecule is CO[PH](P)(CC(=O)c1ccco1)OC. The van der Waals surface area contributed by atoms with E-state index in [9.17, 15) is 4.79 Å². The van der Waals surface area contributed by atoms with E-state index in [2.05, 4.69) is 8.93 Å². The average molecular weight is 236 g/mol. The summed E-state index contributed by atoms with van der Waals surface area (Å²) in [7, 11) is 3.16. The Kier molecular flexibility index (Phi) is 4.21. The molecule has 0 saturated carbocycles. The fourth-order valence-corrected chi connectivity index (χ4v) is 2.61. The van der Waals surface area contributed by atoms with E-state index in [1.807, 2.05) is 0 Å². The Hall–Kier alpha value is -0.270. The molecule has 0 aliphatic heterocycles. The quantitative estimate of drug-likeness (QED) is 0.580. The molecule has 1 rings (SSSR count). The van der Waals surface area contributed by atoms with Crippen molar-refractivity contribution in [2.75, 3.05) is 20.4 Å². The Morgan fingerprint density at radius 2 is 2.21 bits per heavy atom. The van der Waals surface area contributed by atoms with E-state index >= 15 is 0 Å². The third-order valence-electron chi connectivity index (χ3n) is 1.89. The van der Waals surface area contributed by atoms with Crippen LogP contribution in [-0.2, 0) is 9.05 Å². The molecule has 1 atom stereocenters. The summed E-state index contributed by atoms with van der Waals surface area (Å²) in [6.45, 7) is 0. The first kappa shape index (κ1) is 11.8. The number of carbonyl (C=O) groups is 1. The zero-order chi connectivity index (χ0) is 10.6. The second-order valence-corrected chi connectivity index (χ2v) is 8.23. The maximum atomic E-state index is 11.6. The minimum atomic E-state index is -2.41. The van der Waals surface area contributed by atoms with Gasteiger partial charge in [0.25, 0.3) is 0 Å². The zero-order valence-electron chi connectivity index (χ0n) is 8.15. The molecule has 0 spiro atoms. The fraction of sp³-hybridized carbons (Fsp3) is 0.375. The van der Waals surface area contributed by atoms with E-state index in [4.69, 9.17) is 13.5 Å². The minimum absolute atomic E-state index is 0.0969. The summed E-state index contributed by atoms with van der Waals surface area (Å²) in [5.74, 6) is 0.249. The molecule has 0 amide bonds. The van der Waals surface area contributed by atoms with Crippen molar-refractivity contribution in [2.45, 2.75) is 0 Å². The fourth-order valence-electron chi connectivity index (χ4n) is 0.976. The van der Waals surface area contributed by atoms with E-state index in [0.29, 0.717) is 5.76 Å². The van der Waals surface area contributed by atoms with Crippen molar-refractivity contribution in [1.82, 2.24) is 0 Å². The van der Waals surface area contributed by atoms with E-state index in [1.165, 1.54) is 20.5 Å². The van der Waals surface area contributed by atoms with E-state index < -0.39 is 7.40 Å². The number of Topliss-reactive ketones (excluding diaryl/α,β-unsaturated/α-hetero) is 1. The molecule has 0 saturated heterocycles. The van der Waals surface area contributed by atoms with Crippen LogP contribution < -0.4 is 0 Å². The summed E-state index contributed by atoms with van der Waals surface area (Å²) < 4.78 is 15.3. The first-order valence-corrected chi connectivity index (χ1v) is 7.90. The summed E-state index contributed by atoms with van der Waals surface area (Å²) in [5.41, 5.74) is 0. The van der Waals surface area contributed by atoms with Gasteiger partial charge in [0.1, 0.15) is 0 Å². The van der Waals surface area contributed by atoms with Crippen molar-refractivity contribution in [2.24, 2.45) is 0 Å². The molecule has 0 radical (unpaired) electrons. The molecule has 14 heavy (non-hydrogen) atoms. The monoisotopic (exact) mass is 236 g/mol. The van der Waals surface area contributed by atoms with Gasteiger partial charge in [-0.25, -0.2) is 0 Å². The Labute approximate surface area is 85.6 Å². The third kappa shape index (κ3) is 2.86. The molecule has 1 aromatic heterocycles. The second kappa shape index (κ2) is 4.99. The Morgan fingerprint density at radius 1 is 1.57 bits per heavy atom. The number of furan rings is 1. The molecule has 4 nitrogen and oxygen atoms in total. The zero-order valence-corrected chi connectivity index (χ0v) is 10.3. The molecule has 0 aliphatic rings. The van der Waals surface area contributed by atoms with Gasteiger partial charge in [-0.05, 0) is 0 Å². The average Bonchev–Trinajstić information content (AvgIpc) is 2.70. The molecule has 0 N–H and O–H groups in total. The van der Waals surface area contributed by atoms with Gasteiger partial charge >= 0.3 is 84.9 Å². The summed E-state index contributed by atoms with van der Waals surface area (Å²) >= 11 is 0. The molecule has 1 aromatic rings. The van der Waals surface area contributed by atoms with Crippen molar-refractivity contribution in [3.05, 3.63) is 24.2 Å². The first-order valence-electron chi connectivity index (χ1n) is 4.07. The number of hydrogen-bond acceptors (Lipinski definition) is 4. The van der Waals surface area contributed by atoms with Crippen LogP contribution in [0.5, 0.6) is 0 Å². The van der Waals surface area contributed by atoms with Crippen LogP contribution in [-0.4, -0.2) is 26.2 Å². The van der Waals surface area contributed by atoms with Crippen LogP contribution in [0.1, 0.15) is 10.6 Å². The Balaban J connectivity index is 2.65. The van der Waals surface area contributed by atoms with E-state index in [0.717, 1.165) is 0 Å². The van der Waals surface area contributed by atoms with Crippen molar-refractivity contribution in [1.29, 1.82) is 0 Å². The summed E-state index contributed by atoms with van der Waals surface area (Å²) in [5, 5.41) is 0. The Morgan fingerprint density at radius 3 is 2.64 bits per heavy atom. The summed E-state index contributed by atoms with van der Waals surface area (Å²) in [4.78, 5) is 11.6. The van der Waals surface area contributed by atoms with Gasteiger partial charge in [-0.1, -0.05) is 0 Å². The molecule has 0 fully saturated rings. The number of hydrogen-bond donors (Lipinski definition) is 0. The number of ketones is 1. The third-order valence-corrected chi connectivity index (χ3v) is 6.12. The van der Waals surface area contributed by atoms with Crippen LogP contribution in [0.2, 0.25) is 0 Å². The standard InChI is InChI=1S/C8H14O4P2/c1-10-14(13,11-2)6-7(9)8-4-3-5-12-8/h3-5,14H,6,13H2,1-2H3. The molecule has 0 bridgehead atoms. The molecular weight excluding hydrogens is 222 g/mol. The van der Waals surface area contributed by atoms with Crippen LogP contribution >= 0.6 is 16.3 Å². The molecule has 6 heteroatoms. The number of carbonyl (C=O) groups excluding carboxylic acids is 1. The number of rotatable bonds is 5. The molecule has 80 valence electrons. The van der Waals surface area contributed by atoms with Gasteiger partial charge < -0.3 is 0 Å². The van der Waals surface area contributed by atoms with Crippen LogP contribution in [0.25, 0.3) is 0 Å². The van der Waals surface area contributed by atoms with Crippen molar-refractivity contribution >= 4 is 22.1 Å². The van der Waals surface area contributed by atoms with E-state index in [-0.39, 0.29) is 11.9 Å². The molecule has 0 aliphatic carbocycles. The van der Waals surface area contributed by atoms with Crippen molar-refractivity contribution in [3.63, 3.8) is 0 Å². The van der Waals surface area contributed by atoms with Gasteiger partial charge in [0.05, 0.1) is 0 Å². The van der Waals surface area contributed by atoms with Crippen LogP contribution in [0.4, 0.5) is 0 Å². The summed E-state index contributed by atoms with van der Waals surface area (Å²) in [6, 6.07) is 3.31. The molecular formula is C8H14O4P2. The maximum absolute atomic E-state index is 11.6. The topological polar surface area (TPSA) is 48.7 Å². The van der Waals surface area contributed by atoms with Gasteiger partial charge in [0.2, 0.25) is 0 Å². The van der Waals surface area contributed by atoms with Crippen LogP contribution in [0.3, 0.4) is 0 Å². The van der Waals surface area contributed by atoms with Crippen molar-refractivity contribution < 1.29 is 18.3 Å². The predicted octanol–water partition coefficient (Wildman–Crippen LogP) is 2.13. The Bertz CT molecular complexity index is 292. The van der Waals surface area contributed by atoms with Crippen molar-refractivity contribution in [3.8, 4) is 0 Å². The second-order valence-electron chi connectivity index (χ2n) is 2.80. The van der Waals surface area contributed by atoms with Crippen LogP contribution in [0, 0.1) is 0 Å². The van der Waals surface area contributed by atoms with Gasteiger partial charge in [0, 0.05) is 0 Å². The van der Waals surface area contributed by atoms with Gasteiger partial charge in [-0.3, -0.25) is 0 Å². The first-order chi connectivity index (χ1) is 6.61. The normalized spacial score (nSPS) is 12.8. The summed E-state index contributed by atoms with van der Waals surface area (Å²) in [6.07, 6.45) is 1.71.